The van der Waals surface area contributed by atoms with Crippen molar-refractivity contribution in [3.63, 3.8) is 0 Å². The van der Waals surface area contributed by atoms with Gasteiger partial charge in [0, 0.05) is 30.2 Å². The summed E-state index contributed by atoms with van der Waals surface area (Å²) in [5.41, 5.74) is 0. The Kier molecular flexibility index (Phi) is 6.45. The average molecular weight is 408 g/mol. The van der Waals surface area contributed by atoms with Crippen LogP contribution < -0.4 is 5.32 Å². The summed E-state index contributed by atoms with van der Waals surface area (Å²) in [6.45, 7) is 1.32. The number of rotatable bonds is 5. The number of likely N-dealkylation sites (tertiary alicyclic amines) is 1. The van der Waals surface area contributed by atoms with Crippen molar-refractivity contribution in [3.8, 4) is 0 Å². The smallest absolute Gasteiger partial charge is 0.230 e. The first-order chi connectivity index (χ1) is 12.1. The number of nitrogens with zero attached hydrogens (tertiary/aromatic N) is 2. The zero-order chi connectivity index (χ0) is 17.6. The molecule has 5 nitrogen and oxygen atoms in total. The van der Waals surface area contributed by atoms with E-state index in [2.05, 4.69) is 26.2 Å². The number of nitrogens with one attached hydrogen (secondary N) is 1. The zero-order valence-corrected chi connectivity index (χ0v) is 16.1. The molecule has 25 heavy (non-hydrogen) atoms. The van der Waals surface area contributed by atoms with Crippen molar-refractivity contribution in [1.29, 1.82) is 0 Å². The molecule has 1 aliphatic heterocycles. The van der Waals surface area contributed by atoms with Crippen LogP contribution in [0.1, 0.15) is 51.4 Å². The number of amides is 2. The molecule has 136 valence electrons. The van der Waals surface area contributed by atoms with Crippen LogP contribution in [0.4, 0.5) is 5.82 Å². The normalized spacial score (nSPS) is 21.3. The van der Waals surface area contributed by atoms with Crippen molar-refractivity contribution < 1.29 is 9.59 Å². The summed E-state index contributed by atoms with van der Waals surface area (Å²) in [4.78, 5) is 31.1. The molecule has 0 aromatic carbocycles. The summed E-state index contributed by atoms with van der Waals surface area (Å²) in [5, 5.41) is 2.87. The SMILES string of the molecule is O=C(Nc1ccc(Br)cn1)C1CCCN(C(=O)CCC2CCCC2)C1. The van der Waals surface area contributed by atoms with Crippen LogP contribution in [0, 0.1) is 11.8 Å². The molecule has 1 N–H and O–H groups in total. The standard InChI is InChI=1S/C19H26BrN3O2/c20-16-8-9-17(21-12-16)22-19(25)15-6-3-11-23(13-15)18(24)10-7-14-4-1-2-5-14/h8-9,12,14-15H,1-7,10-11,13H2,(H,21,22,25). The van der Waals surface area contributed by atoms with Gasteiger partial charge in [-0.3, -0.25) is 9.59 Å². The van der Waals surface area contributed by atoms with Crippen LogP contribution in [0.5, 0.6) is 0 Å². The topological polar surface area (TPSA) is 62.3 Å². The Morgan fingerprint density at radius 1 is 1.20 bits per heavy atom. The highest BCUT2D eigenvalue weighted by atomic mass is 79.9. The highest BCUT2D eigenvalue weighted by Gasteiger charge is 2.29. The molecule has 2 heterocycles. The maximum atomic E-state index is 12.5. The van der Waals surface area contributed by atoms with Crippen LogP contribution in [0.25, 0.3) is 0 Å². The van der Waals surface area contributed by atoms with E-state index in [-0.39, 0.29) is 17.7 Å². The average Bonchev–Trinajstić information content (AvgIpc) is 3.15. The zero-order valence-electron chi connectivity index (χ0n) is 14.5. The van der Waals surface area contributed by atoms with Gasteiger partial charge in [-0.05, 0) is 53.2 Å². The van der Waals surface area contributed by atoms with E-state index in [0.717, 1.165) is 36.2 Å². The van der Waals surface area contributed by atoms with Gasteiger partial charge in [-0.15, -0.1) is 0 Å². The second kappa shape index (κ2) is 8.79. The lowest BCUT2D eigenvalue weighted by atomic mass is 9.96. The molecule has 1 aromatic rings. The van der Waals surface area contributed by atoms with Crippen molar-refractivity contribution in [2.75, 3.05) is 18.4 Å². The Hall–Kier alpha value is -1.43. The third-order valence-corrected chi connectivity index (χ3v) is 5.83. The predicted molar refractivity (Wildman–Crippen MR) is 101 cm³/mol. The van der Waals surface area contributed by atoms with Crippen molar-refractivity contribution in [3.05, 3.63) is 22.8 Å². The fourth-order valence-electron chi connectivity index (χ4n) is 3.88. The van der Waals surface area contributed by atoms with Gasteiger partial charge >= 0.3 is 0 Å². The first-order valence-corrected chi connectivity index (χ1v) is 10.1. The van der Waals surface area contributed by atoms with Gasteiger partial charge in [0.15, 0.2) is 0 Å². The minimum absolute atomic E-state index is 0.0388. The van der Waals surface area contributed by atoms with E-state index in [4.69, 9.17) is 0 Å². The van der Waals surface area contributed by atoms with Crippen molar-refractivity contribution in [2.45, 2.75) is 51.4 Å². The number of piperidine rings is 1. The van der Waals surface area contributed by atoms with Crippen molar-refractivity contribution >= 4 is 33.6 Å². The fourth-order valence-corrected chi connectivity index (χ4v) is 4.12. The van der Waals surface area contributed by atoms with Crippen molar-refractivity contribution in [1.82, 2.24) is 9.88 Å². The van der Waals surface area contributed by atoms with E-state index in [9.17, 15) is 9.59 Å². The highest BCUT2D eigenvalue weighted by molar-refractivity contribution is 9.10. The first kappa shape index (κ1) is 18.4. The van der Waals surface area contributed by atoms with E-state index in [1.165, 1.54) is 25.7 Å². The Labute approximate surface area is 157 Å². The Balaban J connectivity index is 1.48. The number of aromatic nitrogens is 1. The van der Waals surface area contributed by atoms with E-state index in [1.54, 1.807) is 12.3 Å². The molecule has 3 rings (SSSR count). The fraction of sp³-hybridized carbons (Fsp3) is 0.632. The summed E-state index contributed by atoms with van der Waals surface area (Å²) in [6.07, 6.45) is 10.2. The summed E-state index contributed by atoms with van der Waals surface area (Å²) in [6, 6.07) is 3.62. The molecule has 1 saturated carbocycles. The quantitative estimate of drug-likeness (QED) is 0.802. The van der Waals surface area contributed by atoms with Crippen LogP contribution >= 0.6 is 15.9 Å². The molecular formula is C19H26BrN3O2. The summed E-state index contributed by atoms with van der Waals surface area (Å²) in [7, 11) is 0. The summed E-state index contributed by atoms with van der Waals surface area (Å²) >= 11 is 3.33. The Morgan fingerprint density at radius 3 is 2.72 bits per heavy atom. The van der Waals surface area contributed by atoms with E-state index >= 15 is 0 Å². The molecule has 0 radical (unpaired) electrons. The summed E-state index contributed by atoms with van der Waals surface area (Å²) in [5.74, 6) is 1.32. The lowest BCUT2D eigenvalue weighted by Crippen LogP contribution is -2.43. The van der Waals surface area contributed by atoms with Gasteiger partial charge in [0.05, 0.1) is 5.92 Å². The minimum Gasteiger partial charge on any atom is -0.342 e. The van der Waals surface area contributed by atoms with Gasteiger partial charge in [-0.1, -0.05) is 25.7 Å². The monoisotopic (exact) mass is 407 g/mol. The molecular weight excluding hydrogens is 382 g/mol. The van der Waals surface area contributed by atoms with Gasteiger partial charge < -0.3 is 10.2 Å². The second-order valence-corrected chi connectivity index (χ2v) is 8.13. The van der Waals surface area contributed by atoms with Gasteiger partial charge in [-0.2, -0.15) is 0 Å². The van der Waals surface area contributed by atoms with Gasteiger partial charge in [0.25, 0.3) is 0 Å². The molecule has 0 spiro atoms. The molecule has 1 aromatic heterocycles. The molecule has 1 atom stereocenters. The van der Waals surface area contributed by atoms with Gasteiger partial charge in [0.2, 0.25) is 11.8 Å². The molecule has 1 saturated heterocycles. The van der Waals surface area contributed by atoms with Crippen LogP contribution in [0.15, 0.2) is 22.8 Å². The third kappa shape index (κ3) is 5.27. The molecule has 2 aliphatic rings. The number of anilines is 1. The predicted octanol–water partition coefficient (Wildman–Crippen LogP) is 3.99. The largest absolute Gasteiger partial charge is 0.342 e. The van der Waals surface area contributed by atoms with E-state index < -0.39 is 0 Å². The van der Waals surface area contributed by atoms with Crippen LogP contribution in [-0.2, 0) is 9.59 Å². The number of hydrogen-bond donors (Lipinski definition) is 1. The first-order valence-electron chi connectivity index (χ1n) is 9.32. The van der Waals surface area contributed by atoms with E-state index in [1.807, 2.05) is 11.0 Å². The maximum Gasteiger partial charge on any atom is 0.230 e. The van der Waals surface area contributed by atoms with Gasteiger partial charge in [-0.25, -0.2) is 4.98 Å². The number of carbonyl (C=O) groups is 2. The minimum atomic E-state index is -0.144. The second-order valence-electron chi connectivity index (χ2n) is 7.22. The summed E-state index contributed by atoms with van der Waals surface area (Å²) < 4.78 is 0.877. The Morgan fingerprint density at radius 2 is 2.00 bits per heavy atom. The third-order valence-electron chi connectivity index (χ3n) is 5.36. The Bertz CT molecular complexity index is 599. The maximum absolute atomic E-state index is 12.5. The van der Waals surface area contributed by atoms with Crippen LogP contribution in [-0.4, -0.2) is 34.8 Å². The highest BCUT2D eigenvalue weighted by Crippen LogP contribution is 2.29. The number of hydrogen-bond acceptors (Lipinski definition) is 3. The molecule has 1 unspecified atom stereocenters. The number of pyridine rings is 1. The van der Waals surface area contributed by atoms with Crippen LogP contribution in [0.3, 0.4) is 0 Å². The molecule has 0 bridgehead atoms. The molecule has 1 aliphatic carbocycles. The van der Waals surface area contributed by atoms with Gasteiger partial charge in [0.1, 0.15) is 5.82 Å². The number of carbonyl (C=O) groups excluding carboxylic acids is 2. The molecule has 2 fully saturated rings. The van der Waals surface area contributed by atoms with Crippen LogP contribution in [0.2, 0.25) is 0 Å². The number of halogens is 1. The van der Waals surface area contributed by atoms with Crippen molar-refractivity contribution in [2.24, 2.45) is 11.8 Å². The lowest BCUT2D eigenvalue weighted by Gasteiger charge is -2.32. The molecule has 6 heteroatoms. The lowest BCUT2D eigenvalue weighted by molar-refractivity contribution is -0.134. The molecule has 2 amide bonds. The van der Waals surface area contributed by atoms with E-state index in [0.29, 0.717) is 18.8 Å².